The number of carboxylic acid groups (broad SMARTS) is 1. The van der Waals surface area contributed by atoms with E-state index in [0.717, 1.165) is 12.8 Å². The van der Waals surface area contributed by atoms with Crippen molar-refractivity contribution < 1.29 is 9.90 Å². The molecule has 1 aliphatic rings. The quantitative estimate of drug-likeness (QED) is 0.783. The lowest BCUT2D eigenvalue weighted by atomic mass is 10.3. The molecule has 0 atom stereocenters. The summed E-state index contributed by atoms with van der Waals surface area (Å²) in [6, 6.07) is 1.90. The van der Waals surface area contributed by atoms with Gasteiger partial charge in [0.25, 0.3) is 0 Å². The van der Waals surface area contributed by atoms with Crippen molar-refractivity contribution in [1.82, 2.24) is 9.97 Å². The zero-order valence-electron chi connectivity index (χ0n) is 9.76. The summed E-state index contributed by atoms with van der Waals surface area (Å²) in [5, 5.41) is 8.97. The fourth-order valence-electron chi connectivity index (χ4n) is 1.71. The van der Waals surface area contributed by atoms with Gasteiger partial charge in [-0.1, -0.05) is 6.08 Å². The third kappa shape index (κ3) is 2.61. The van der Waals surface area contributed by atoms with E-state index in [2.05, 4.69) is 16.5 Å². The molecule has 1 heterocycles. The van der Waals surface area contributed by atoms with Gasteiger partial charge in [0.2, 0.25) is 5.95 Å². The number of hydrogen-bond donors (Lipinski definition) is 1. The van der Waals surface area contributed by atoms with Gasteiger partial charge in [0.15, 0.2) is 5.69 Å². The molecule has 1 N–H and O–H groups in total. The lowest BCUT2D eigenvalue weighted by Gasteiger charge is -2.20. The molecule has 0 unspecified atom stereocenters. The van der Waals surface area contributed by atoms with Gasteiger partial charge in [0, 0.05) is 18.3 Å². The molecule has 90 valence electrons. The first-order valence-electron chi connectivity index (χ1n) is 5.58. The van der Waals surface area contributed by atoms with E-state index in [1.54, 1.807) is 13.0 Å². The van der Waals surface area contributed by atoms with Crippen molar-refractivity contribution in [2.24, 2.45) is 0 Å². The molecule has 1 fully saturated rings. The maximum atomic E-state index is 10.9. The average molecular weight is 233 g/mol. The molecule has 5 heteroatoms. The van der Waals surface area contributed by atoms with Gasteiger partial charge in [-0.05, 0) is 25.8 Å². The van der Waals surface area contributed by atoms with Crippen LogP contribution in [-0.4, -0.2) is 33.6 Å². The normalized spacial score (nSPS) is 14.4. The number of anilines is 1. The number of rotatable bonds is 5. The van der Waals surface area contributed by atoms with E-state index in [1.807, 2.05) is 4.90 Å². The standard InChI is InChI=1S/C12H15N3O2/c1-3-6-15(9-4-5-9)12-13-8(2)7-10(14-12)11(16)17/h3,7,9H,1,4-6H2,2H3,(H,16,17). The summed E-state index contributed by atoms with van der Waals surface area (Å²) in [5.41, 5.74) is 0.712. The minimum absolute atomic E-state index is 0.0437. The minimum Gasteiger partial charge on any atom is -0.477 e. The summed E-state index contributed by atoms with van der Waals surface area (Å²) in [6.07, 6.45) is 3.99. The molecule has 1 saturated carbocycles. The van der Waals surface area contributed by atoms with Crippen molar-refractivity contribution in [3.05, 3.63) is 30.1 Å². The number of aromatic nitrogens is 2. The molecule has 0 spiro atoms. The Morgan fingerprint density at radius 1 is 1.65 bits per heavy atom. The summed E-state index contributed by atoms with van der Waals surface area (Å²) >= 11 is 0. The van der Waals surface area contributed by atoms with Gasteiger partial charge in [0.05, 0.1) is 0 Å². The molecule has 5 nitrogen and oxygen atoms in total. The number of aryl methyl sites for hydroxylation is 1. The van der Waals surface area contributed by atoms with Crippen LogP contribution in [0.25, 0.3) is 0 Å². The monoisotopic (exact) mass is 233 g/mol. The zero-order chi connectivity index (χ0) is 12.4. The maximum Gasteiger partial charge on any atom is 0.354 e. The second-order valence-electron chi connectivity index (χ2n) is 4.17. The summed E-state index contributed by atoms with van der Waals surface area (Å²) in [6.45, 7) is 6.12. The lowest BCUT2D eigenvalue weighted by Crippen LogP contribution is -2.28. The maximum absolute atomic E-state index is 10.9. The van der Waals surface area contributed by atoms with E-state index >= 15 is 0 Å². The third-order valence-corrected chi connectivity index (χ3v) is 2.63. The fraction of sp³-hybridized carbons (Fsp3) is 0.417. The van der Waals surface area contributed by atoms with Crippen molar-refractivity contribution in [2.45, 2.75) is 25.8 Å². The van der Waals surface area contributed by atoms with Gasteiger partial charge in [-0.2, -0.15) is 0 Å². The minimum atomic E-state index is -1.02. The lowest BCUT2D eigenvalue weighted by molar-refractivity contribution is 0.0690. The Morgan fingerprint density at radius 3 is 2.88 bits per heavy atom. The van der Waals surface area contributed by atoms with E-state index in [1.165, 1.54) is 6.07 Å². The van der Waals surface area contributed by atoms with Gasteiger partial charge in [-0.25, -0.2) is 14.8 Å². The number of nitrogens with zero attached hydrogens (tertiary/aromatic N) is 3. The molecule has 0 aliphatic heterocycles. The first kappa shape index (κ1) is 11.6. The predicted molar refractivity (Wildman–Crippen MR) is 64.3 cm³/mol. The van der Waals surface area contributed by atoms with Crippen LogP contribution in [0.4, 0.5) is 5.95 Å². The second-order valence-corrected chi connectivity index (χ2v) is 4.17. The van der Waals surface area contributed by atoms with Crippen LogP contribution < -0.4 is 4.90 Å². The molecule has 0 saturated heterocycles. The summed E-state index contributed by atoms with van der Waals surface area (Å²) in [4.78, 5) is 21.3. The largest absolute Gasteiger partial charge is 0.477 e. The van der Waals surface area contributed by atoms with Crippen LogP contribution in [0.1, 0.15) is 29.0 Å². The molecule has 2 rings (SSSR count). The van der Waals surface area contributed by atoms with Crippen molar-refractivity contribution in [3.8, 4) is 0 Å². The highest BCUT2D eigenvalue weighted by Gasteiger charge is 2.30. The Bertz CT molecular complexity index is 455. The molecule has 0 amide bonds. The van der Waals surface area contributed by atoms with E-state index in [4.69, 9.17) is 5.11 Å². The van der Waals surface area contributed by atoms with Crippen LogP contribution >= 0.6 is 0 Å². The summed E-state index contributed by atoms with van der Waals surface area (Å²) < 4.78 is 0. The zero-order valence-corrected chi connectivity index (χ0v) is 9.76. The van der Waals surface area contributed by atoms with E-state index in [-0.39, 0.29) is 5.69 Å². The predicted octanol–water partition coefficient (Wildman–Crippen LogP) is 1.64. The highest BCUT2D eigenvalue weighted by atomic mass is 16.4. The van der Waals surface area contributed by atoms with Gasteiger partial charge >= 0.3 is 5.97 Å². The molecule has 1 aliphatic carbocycles. The Morgan fingerprint density at radius 2 is 2.35 bits per heavy atom. The van der Waals surface area contributed by atoms with Gasteiger partial charge in [-0.3, -0.25) is 0 Å². The van der Waals surface area contributed by atoms with Crippen molar-refractivity contribution >= 4 is 11.9 Å². The van der Waals surface area contributed by atoms with Crippen LogP contribution in [0.15, 0.2) is 18.7 Å². The highest BCUT2D eigenvalue weighted by molar-refractivity contribution is 5.85. The van der Waals surface area contributed by atoms with Crippen LogP contribution in [0.3, 0.4) is 0 Å². The van der Waals surface area contributed by atoms with Crippen molar-refractivity contribution in [1.29, 1.82) is 0 Å². The van der Waals surface area contributed by atoms with Crippen LogP contribution in [0.5, 0.6) is 0 Å². The Hall–Kier alpha value is -1.91. The number of hydrogen-bond acceptors (Lipinski definition) is 4. The molecule has 0 aromatic carbocycles. The highest BCUT2D eigenvalue weighted by Crippen LogP contribution is 2.29. The van der Waals surface area contributed by atoms with Gasteiger partial charge < -0.3 is 10.0 Å². The van der Waals surface area contributed by atoms with Crippen LogP contribution in [0, 0.1) is 6.92 Å². The third-order valence-electron chi connectivity index (χ3n) is 2.63. The topological polar surface area (TPSA) is 66.3 Å². The van der Waals surface area contributed by atoms with Crippen molar-refractivity contribution in [2.75, 3.05) is 11.4 Å². The van der Waals surface area contributed by atoms with Crippen LogP contribution in [0.2, 0.25) is 0 Å². The van der Waals surface area contributed by atoms with Crippen molar-refractivity contribution in [3.63, 3.8) is 0 Å². The Kier molecular flexibility index (Phi) is 3.08. The molecular weight excluding hydrogens is 218 g/mol. The molecular formula is C12H15N3O2. The number of carboxylic acids is 1. The average Bonchev–Trinajstić information content (AvgIpc) is 3.08. The summed E-state index contributed by atoms with van der Waals surface area (Å²) in [5.74, 6) is -0.532. The Labute approximate surface area is 99.8 Å². The van der Waals surface area contributed by atoms with Crippen LogP contribution in [-0.2, 0) is 0 Å². The summed E-state index contributed by atoms with van der Waals surface area (Å²) in [7, 11) is 0. The van der Waals surface area contributed by atoms with Gasteiger partial charge in [0.1, 0.15) is 0 Å². The fourth-order valence-corrected chi connectivity index (χ4v) is 1.71. The smallest absolute Gasteiger partial charge is 0.354 e. The molecule has 17 heavy (non-hydrogen) atoms. The number of aromatic carboxylic acids is 1. The van der Waals surface area contributed by atoms with E-state index < -0.39 is 5.97 Å². The van der Waals surface area contributed by atoms with Gasteiger partial charge in [-0.15, -0.1) is 6.58 Å². The van der Waals surface area contributed by atoms with E-state index in [0.29, 0.717) is 24.2 Å². The first-order valence-corrected chi connectivity index (χ1v) is 5.58. The Balaban J connectivity index is 2.34. The molecule has 0 radical (unpaired) electrons. The number of carbonyl (C=O) groups is 1. The molecule has 1 aromatic rings. The van der Waals surface area contributed by atoms with E-state index in [9.17, 15) is 4.79 Å². The molecule has 0 bridgehead atoms. The molecule has 1 aromatic heterocycles. The second kappa shape index (κ2) is 4.53. The SMILES string of the molecule is C=CCN(c1nc(C)cc(C(=O)O)n1)C1CC1. The first-order chi connectivity index (χ1) is 8.11.